The summed E-state index contributed by atoms with van der Waals surface area (Å²) < 4.78 is 4.55. The van der Waals surface area contributed by atoms with E-state index in [4.69, 9.17) is 0 Å². The van der Waals surface area contributed by atoms with E-state index in [-0.39, 0.29) is 0 Å². The topological polar surface area (TPSA) is 26.3 Å². The first-order valence-electron chi connectivity index (χ1n) is 5.87. The SMILES string of the molecule is O=[C]OCCCCc1cccc2ccccc12. The van der Waals surface area contributed by atoms with Gasteiger partial charge in [-0.3, -0.25) is 0 Å². The molecule has 17 heavy (non-hydrogen) atoms. The van der Waals surface area contributed by atoms with Gasteiger partial charge in [-0.1, -0.05) is 42.5 Å². The molecule has 87 valence electrons. The predicted octanol–water partition coefficient (Wildman–Crippen LogP) is 3.25. The van der Waals surface area contributed by atoms with Gasteiger partial charge in [-0.2, -0.15) is 0 Å². The second-order valence-corrected chi connectivity index (χ2v) is 4.03. The number of aryl methyl sites for hydroxylation is 1. The van der Waals surface area contributed by atoms with Crippen molar-refractivity contribution in [1.82, 2.24) is 0 Å². The van der Waals surface area contributed by atoms with E-state index in [1.807, 2.05) is 0 Å². The Morgan fingerprint density at radius 3 is 2.71 bits per heavy atom. The molecule has 2 nitrogen and oxygen atoms in total. The molecule has 0 saturated heterocycles. The number of benzene rings is 2. The number of ether oxygens (including phenoxy) is 1. The van der Waals surface area contributed by atoms with Crippen molar-refractivity contribution in [3.05, 3.63) is 48.0 Å². The summed E-state index contributed by atoms with van der Waals surface area (Å²) in [4.78, 5) is 9.87. The Hall–Kier alpha value is -1.83. The molecule has 0 aliphatic carbocycles. The lowest BCUT2D eigenvalue weighted by atomic mass is 10.0. The van der Waals surface area contributed by atoms with Crippen molar-refractivity contribution >= 4 is 17.2 Å². The smallest absolute Gasteiger partial charge is 0.417 e. The largest absolute Gasteiger partial charge is 0.457 e. The van der Waals surface area contributed by atoms with Gasteiger partial charge in [0.15, 0.2) is 0 Å². The fourth-order valence-corrected chi connectivity index (χ4v) is 2.04. The van der Waals surface area contributed by atoms with Crippen molar-refractivity contribution in [2.75, 3.05) is 6.61 Å². The maximum absolute atomic E-state index is 9.87. The minimum absolute atomic E-state index is 0.467. The van der Waals surface area contributed by atoms with Crippen molar-refractivity contribution in [1.29, 1.82) is 0 Å². The lowest BCUT2D eigenvalue weighted by Gasteiger charge is -2.06. The van der Waals surface area contributed by atoms with Gasteiger partial charge in [0.25, 0.3) is 0 Å². The van der Waals surface area contributed by atoms with E-state index in [1.165, 1.54) is 22.8 Å². The van der Waals surface area contributed by atoms with Gasteiger partial charge in [-0.05, 0) is 35.6 Å². The Morgan fingerprint density at radius 2 is 1.82 bits per heavy atom. The monoisotopic (exact) mass is 227 g/mol. The number of rotatable bonds is 6. The molecular formula is C15H15O2. The van der Waals surface area contributed by atoms with Crippen molar-refractivity contribution in [3.63, 3.8) is 0 Å². The lowest BCUT2D eigenvalue weighted by molar-refractivity contribution is 0.270. The van der Waals surface area contributed by atoms with Crippen LogP contribution in [0.2, 0.25) is 0 Å². The number of fused-ring (bicyclic) bond motifs is 1. The second kappa shape index (κ2) is 6.04. The molecule has 0 amide bonds. The molecule has 0 atom stereocenters. The third kappa shape index (κ3) is 3.06. The van der Waals surface area contributed by atoms with E-state index < -0.39 is 0 Å². The van der Waals surface area contributed by atoms with Crippen molar-refractivity contribution < 1.29 is 9.53 Å². The van der Waals surface area contributed by atoms with Crippen molar-refractivity contribution in [2.24, 2.45) is 0 Å². The summed E-state index contributed by atoms with van der Waals surface area (Å²) in [7, 11) is 0. The van der Waals surface area contributed by atoms with E-state index in [0.717, 1.165) is 19.3 Å². The summed E-state index contributed by atoms with van der Waals surface area (Å²) in [5.74, 6) is 0. The summed E-state index contributed by atoms with van der Waals surface area (Å²) in [6.07, 6.45) is 2.93. The standard InChI is InChI=1S/C15H15O2/c16-12-17-11-4-3-7-14-9-5-8-13-6-1-2-10-15(13)14/h1-2,5-6,8-10H,3-4,7,11H2. The van der Waals surface area contributed by atoms with Gasteiger partial charge in [0.05, 0.1) is 6.61 Å². The summed E-state index contributed by atoms with van der Waals surface area (Å²) in [5.41, 5.74) is 1.36. The van der Waals surface area contributed by atoms with Gasteiger partial charge in [0.2, 0.25) is 0 Å². The molecule has 0 saturated carbocycles. The highest BCUT2D eigenvalue weighted by Gasteiger charge is 1.99. The summed E-state index contributed by atoms with van der Waals surface area (Å²) in [5, 5.41) is 2.60. The average Bonchev–Trinajstić information content (AvgIpc) is 2.39. The molecule has 2 heteroatoms. The van der Waals surface area contributed by atoms with Gasteiger partial charge in [-0.15, -0.1) is 0 Å². The zero-order valence-corrected chi connectivity index (χ0v) is 9.69. The fraction of sp³-hybridized carbons (Fsp3) is 0.267. The molecule has 0 unspecified atom stereocenters. The normalized spacial score (nSPS) is 10.4. The molecule has 0 heterocycles. The first-order chi connectivity index (χ1) is 8.42. The van der Waals surface area contributed by atoms with Crippen LogP contribution in [0, 0.1) is 0 Å². The van der Waals surface area contributed by atoms with Crippen LogP contribution < -0.4 is 0 Å². The minimum Gasteiger partial charge on any atom is -0.457 e. The van der Waals surface area contributed by atoms with Crippen LogP contribution in [-0.2, 0) is 16.0 Å². The third-order valence-electron chi connectivity index (χ3n) is 2.88. The van der Waals surface area contributed by atoms with Crippen LogP contribution in [0.3, 0.4) is 0 Å². The molecule has 2 aromatic rings. The van der Waals surface area contributed by atoms with Gasteiger partial charge < -0.3 is 4.74 Å². The zero-order valence-electron chi connectivity index (χ0n) is 9.69. The number of unbranched alkanes of at least 4 members (excludes halogenated alkanes) is 1. The van der Waals surface area contributed by atoms with Crippen molar-refractivity contribution in [3.8, 4) is 0 Å². The Balaban J connectivity index is 2.01. The van der Waals surface area contributed by atoms with Gasteiger partial charge in [-0.25, -0.2) is 4.79 Å². The number of hydrogen-bond acceptors (Lipinski definition) is 2. The zero-order chi connectivity index (χ0) is 11.9. The highest BCUT2D eigenvalue weighted by molar-refractivity contribution is 5.85. The third-order valence-corrected chi connectivity index (χ3v) is 2.88. The predicted molar refractivity (Wildman–Crippen MR) is 68.5 cm³/mol. The highest BCUT2D eigenvalue weighted by atomic mass is 16.5. The second-order valence-electron chi connectivity index (χ2n) is 4.03. The first-order valence-corrected chi connectivity index (χ1v) is 5.87. The quantitative estimate of drug-likeness (QED) is 0.708. The lowest BCUT2D eigenvalue weighted by Crippen LogP contribution is -1.94. The Morgan fingerprint density at radius 1 is 1.00 bits per heavy atom. The van der Waals surface area contributed by atoms with Gasteiger partial charge in [0.1, 0.15) is 0 Å². The Labute approximate surface area is 101 Å². The van der Waals surface area contributed by atoms with Crippen LogP contribution in [0.5, 0.6) is 0 Å². The van der Waals surface area contributed by atoms with Gasteiger partial charge in [0, 0.05) is 0 Å². The fourth-order valence-electron chi connectivity index (χ4n) is 2.04. The van der Waals surface area contributed by atoms with E-state index in [0.29, 0.717) is 6.61 Å². The molecule has 0 bridgehead atoms. The minimum atomic E-state index is 0.467. The highest BCUT2D eigenvalue weighted by Crippen LogP contribution is 2.19. The Bertz CT molecular complexity index is 486. The summed E-state index contributed by atoms with van der Waals surface area (Å²) >= 11 is 0. The van der Waals surface area contributed by atoms with Crippen molar-refractivity contribution in [2.45, 2.75) is 19.3 Å². The molecule has 0 fully saturated rings. The molecule has 1 radical (unpaired) electrons. The molecule has 0 aromatic heterocycles. The molecule has 0 spiro atoms. The van der Waals surface area contributed by atoms with E-state index in [1.54, 1.807) is 0 Å². The number of hydrogen-bond donors (Lipinski definition) is 0. The maximum Gasteiger partial charge on any atom is 0.417 e. The first kappa shape index (κ1) is 11.6. The molecule has 2 aromatic carbocycles. The Kier molecular flexibility index (Phi) is 4.14. The average molecular weight is 227 g/mol. The van der Waals surface area contributed by atoms with Crippen LogP contribution in [0.15, 0.2) is 42.5 Å². The van der Waals surface area contributed by atoms with Gasteiger partial charge >= 0.3 is 6.47 Å². The summed E-state index contributed by atoms with van der Waals surface area (Å²) in [6.45, 7) is 1.91. The molecule has 0 aliphatic heterocycles. The van der Waals surface area contributed by atoms with E-state index in [9.17, 15) is 4.79 Å². The van der Waals surface area contributed by atoms with Crippen LogP contribution in [0.25, 0.3) is 10.8 Å². The number of carbonyl (C=O) groups excluding carboxylic acids is 1. The van der Waals surface area contributed by atoms with Crippen LogP contribution in [-0.4, -0.2) is 13.1 Å². The van der Waals surface area contributed by atoms with Crippen LogP contribution in [0.1, 0.15) is 18.4 Å². The maximum atomic E-state index is 9.87. The molecule has 0 N–H and O–H groups in total. The van der Waals surface area contributed by atoms with E-state index >= 15 is 0 Å². The van der Waals surface area contributed by atoms with Crippen LogP contribution in [0.4, 0.5) is 0 Å². The summed E-state index contributed by atoms with van der Waals surface area (Å²) in [6, 6.07) is 14.8. The molecular weight excluding hydrogens is 212 g/mol. The molecule has 0 aliphatic rings. The van der Waals surface area contributed by atoms with E-state index in [2.05, 4.69) is 47.2 Å². The van der Waals surface area contributed by atoms with Crippen LogP contribution >= 0.6 is 0 Å². The molecule has 2 rings (SSSR count).